The minimum absolute atomic E-state index is 0.0324. The smallest absolute Gasteiger partial charge is 0.143 e. The molecule has 0 rings (SSSR count). The number of hydrogen-bond donors (Lipinski definition) is 1. The molecule has 0 aliphatic rings. The molecule has 0 radical (unpaired) electrons. The van der Waals surface area contributed by atoms with Crippen molar-refractivity contribution in [1.82, 2.24) is 0 Å². The van der Waals surface area contributed by atoms with E-state index >= 15 is 0 Å². The van der Waals surface area contributed by atoms with Crippen LogP contribution >= 0.6 is 0 Å². The number of rotatable bonds is 1. The Morgan fingerprint density at radius 2 is 0.706 bits per heavy atom. The van der Waals surface area contributed by atoms with Crippen molar-refractivity contribution in [2.45, 2.75) is 48.5 Å². The summed E-state index contributed by atoms with van der Waals surface area (Å²) in [7, 11) is 0. The van der Waals surface area contributed by atoms with E-state index < -0.39 is 0 Å². The molecule has 0 aromatic carbocycles. The standard InChI is InChI=1S/C3H7NO.3C3H6O/c1-3(5)2-4;3*1-3(2)4/h2,4H2,1H3;3*1-2H3. The normalized spacial score (nSPS) is 6.82. The average Bonchev–Trinajstić information content (AvgIpc) is 2.00. The van der Waals surface area contributed by atoms with Gasteiger partial charge in [0.15, 0.2) is 0 Å². The minimum Gasteiger partial charge on any atom is -0.324 e. The first-order valence-corrected chi connectivity index (χ1v) is 5.08. The van der Waals surface area contributed by atoms with Gasteiger partial charge >= 0.3 is 0 Å². The van der Waals surface area contributed by atoms with Gasteiger partial charge in [-0.05, 0) is 48.5 Å². The van der Waals surface area contributed by atoms with Gasteiger partial charge in [0.25, 0.3) is 0 Å². The van der Waals surface area contributed by atoms with E-state index in [1.165, 1.54) is 48.5 Å². The summed E-state index contributed by atoms with van der Waals surface area (Å²) in [5.41, 5.74) is 4.82. The maximum absolute atomic E-state index is 9.69. The van der Waals surface area contributed by atoms with E-state index in [2.05, 4.69) is 0 Å². The molecule has 0 aromatic rings. The Balaban J connectivity index is -0.0000000667. The second-order valence-corrected chi connectivity index (χ2v) is 3.63. The summed E-state index contributed by atoms with van der Waals surface area (Å²) in [4.78, 5) is 38.0. The van der Waals surface area contributed by atoms with Gasteiger partial charge in [0.1, 0.15) is 23.1 Å². The summed E-state index contributed by atoms with van der Waals surface area (Å²) >= 11 is 0. The molecule has 0 aliphatic carbocycles. The predicted molar refractivity (Wildman–Crippen MR) is 68.8 cm³/mol. The summed E-state index contributed by atoms with van der Waals surface area (Å²) in [6.07, 6.45) is 0. The van der Waals surface area contributed by atoms with Crippen molar-refractivity contribution in [3.63, 3.8) is 0 Å². The topological polar surface area (TPSA) is 94.3 Å². The van der Waals surface area contributed by atoms with Crippen molar-refractivity contribution in [2.75, 3.05) is 6.54 Å². The van der Waals surface area contributed by atoms with Gasteiger partial charge in [-0.2, -0.15) is 0 Å². The lowest BCUT2D eigenvalue weighted by Gasteiger charge is -1.73. The Kier molecular flexibility index (Phi) is 29.3. The van der Waals surface area contributed by atoms with E-state index in [9.17, 15) is 19.2 Å². The molecule has 0 bridgehead atoms. The molecule has 17 heavy (non-hydrogen) atoms. The summed E-state index contributed by atoms with van der Waals surface area (Å²) < 4.78 is 0. The van der Waals surface area contributed by atoms with Gasteiger partial charge in [-0.25, -0.2) is 0 Å². The van der Waals surface area contributed by atoms with Gasteiger partial charge in [-0.1, -0.05) is 0 Å². The number of carbonyl (C=O) groups is 4. The third kappa shape index (κ3) is 5710. The molecule has 0 spiro atoms. The second kappa shape index (κ2) is 20.1. The minimum atomic E-state index is 0.0324. The zero-order valence-corrected chi connectivity index (χ0v) is 11.9. The van der Waals surface area contributed by atoms with E-state index in [1.807, 2.05) is 0 Å². The van der Waals surface area contributed by atoms with E-state index in [4.69, 9.17) is 5.73 Å². The van der Waals surface area contributed by atoms with Gasteiger partial charge in [0, 0.05) is 0 Å². The zero-order valence-electron chi connectivity index (χ0n) is 11.9. The number of hydrogen-bond acceptors (Lipinski definition) is 5. The largest absolute Gasteiger partial charge is 0.324 e. The maximum Gasteiger partial charge on any atom is 0.143 e. The van der Waals surface area contributed by atoms with Crippen LogP contribution in [0.3, 0.4) is 0 Å². The summed E-state index contributed by atoms with van der Waals surface area (Å²) in [6, 6.07) is 0. The fraction of sp³-hybridized carbons (Fsp3) is 0.667. The Bertz CT molecular complexity index is 194. The van der Waals surface area contributed by atoms with E-state index in [0.717, 1.165) is 0 Å². The van der Waals surface area contributed by atoms with Crippen molar-refractivity contribution >= 4 is 23.1 Å². The Hall–Kier alpha value is -1.36. The van der Waals surface area contributed by atoms with Gasteiger partial charge < -0.3 is 20.1 Å². The lowest BCUT2D eigenvalue weighted by molar-refractivity contribution is -0.116. The third-order valence-electron chi connectivity index (χ3n) is 0.287. The van der Waals surface area contributed by atoms with E-state index in [0.29, 0.717) is 0 Å². The van der Waals surface area contributed by atoms with E-state index in [1.54, 1.807) is 0 Å². The number of Topliss-reactive ketones (excluding diaryl/α,β-unsaturated/α-hetero) is 4. The number of nitrogens with two attached hydrogens (primary N) is 1. The highest BCUT2D eigenvalue weighted by atomic mass is 16.1. The average molecular weight is 247 g/mol. The van der Waals surface area contributed by atoms with Crippen LogP contribution in [-0.4, -0.2) is 29.7 Å². The molecule has 0 aromatic heterocycles. The summed E-state index contributed by atoms with van der Waals surface area (Å²) in [6.45, 7) is 10.8. The fourth-order valence-corrected chi connectivity index (χ4v) is 0. The van der Waals surface area contributed by atoms with Crippen molar-refractivity contribution < 1.29 is 19.2 Å². The van der Waals surface area contributed by atoms with Crippen molar-refractivity contribution in [2.24, 2.45) is 5.73 Å². The lowest BCUT2D eigenvalue weighted by atomic mass is 10.5. The highest BCUT2D eigenvalue weighted by molar-refractivity contribution is 5.77. The molecule has 0 fully saturated rings. The second-order valence-electron chi connectivity index (χ2n) is 3.63. The zero-order chi connectivity index (χ0) is 15.0. The molecule has 0 saturated heterocycles. The first-order chi connectivity index (χ1) is 7.47. The van der Waals surface area contributed by atoms with Crippen molar-refractivity contribution in [1.29, 1.82) is 0 Å². The molecule has 0 unspecified atom stereocenters. The van der Waals surface area contributed by atoms with Crippen molar-refractivity contribution in [3.8, 4) is 0 Å². The molecular formula is C12H25NO4. The molecule has 102 valence electrons. The number of ketones is 4. The summed E-state index contributed by atoms with van der Waals surface area (Å²) in [5, 5.41) is 0. The Labute approximate surface area is 104 Å². The SMILES string of the molecule is CC(=O)CN.CC(C)=O.CC(C)=O.CC(C)=O. The van der Waals surface area contributed by atoms with Crippen LogP contribution < -0.4 is 5.73 Å². The van der Waals surface area contributed by atoms with Gasteiger partial charge in [0.05, 0.1) is 6.54 Å². The highest BCUT2D eigenvalue weighted by Crippen LogP contribution is 1.52. The van der Waals surface area contributed by atoms with Crippen LogP contribution in [0.2, 0.25) is 0 Å². The molecule has 0 amide bonds. The first kappa shape index (κ1) is 24.7. The lowest BCUT2D eigenvalue weighted by Crippen LogP contribution is -2.07. The Morgan fingerprint density at radius 3 is 0.706 bits per heavy atom. The van der Waals surface area contributed by atoms with Crippen LogP contribution in [0.4, 0.5) is 0 Å². The molecule has 2 N–H and O–H groups in total. The highest BCUT2D eigenvalue weighted by Gasteiger charge is 1.76. The van der Waals surface area contributed by atoms with Gasteiger partial charge in [0.2, 0.25) is 0 Å². The van der Waals surface area contributed by atoms with Crippen LogP contribution in [-0.2, 0) is 19.2 Å². The van der Waals surface area contributed by atoms with Crippen LogP contribution in [0.5, 0.6) is 0 Å². The van der Waals surface area contributed by atoms with Gasteiger partial charge in [-0.3, -0.25) is 4.79 Å². The van der Waals surface area contributed by atoms with Crippen LogP contribution in [0.25, 0.3) is 0 Å². The molecular weight excluding hydrogens is 222 g/mol. The molecule has 0 saturated carbocycles. The van der Waals surface area contributed by atoms with Crippen LogP contribution in [0.1, 0.15) is 48.5 Å². The monoisotopic (exact) mass is 247 g/mol. The van der Waals surface area contributed by atoms with Gasteiger partial charge in [-0.15, -0.1) is 0 Å². The molecule has 5 nitrogen and oxygen atoms in total. The predicted octanol–water partition coefficient (Wildman–Crippen LogP) is 1.32. The first-order valence-electron chi connectivity index (χ1n) is 5.08. The molecule has 5 heteroatoms. The summed E-state index contributed by atoms with van der Waals surface area (Å²) in [5.74, 6) is 0.532. The molecule has 0 atom stereocenters. The Morgan fingerprint density at radius 1 is 0.647 bits per heavy atom. The van der Waals surface area contributed by atoms with E-state index in [-0.39, 0.29) is 29.7 Å². The fourth-order valence-electron chi connectivity index (χ4n) is 0. The number of carbonyl (C=O) groups excluding carboxylic acids is 4. The quantitative estimate of drug-likeness (QED) is 0.754. The van der Waals surface area contributed by atoms with Crippen LogP contribution in [0, 0.1) is 0 Å². The van der Waals surface area contributed by atoms with Crippen molar-refractivity contribution in [3.05, 3.63) is 0 Å². The molecule has 0 aliphatic heterocycles. The third-order valence-corrected chi connectivity index (χ3v) is 0.287. The molecule has 0 heterocycles. The maximum atomic E-state index is 9.69. The van der Waals surface area contributed by atoms with Crippen LogP contribution in [0.15, 0.2) is 0 Å².